The van der Waals surface area contributed by atoms with Gasteiger partial charge in [-0.25, -0.2) is 0 Å². The van der Waals surface area contributed by atoms with Gasteiger partial charge in [-0.3, -0.25) is 0 Å². The fourth-order valence-electron chi connectivity index (χ4n) is 7.73. The quantitative estimate of drug-likeness (QED) is 0.165. The molecule has 0 aliphatic carbocycles. The Morgan fingerprint density at radius 1 is 0.327 bits per heavy atom. The number of rotatable bonds is 6. The van der Waals surface area contributed by atoms with Crippen molar-refractivity contribution in [2.24, 2.45) is 0 Å². The standard InChI is InChI=1S/C50H33NO/c1-2-12-34(13-3-1)37-15-10-16-38(32-37)35-24-28-40(29-25-35)51(48-22-11-21-46-45-20-8-9-23-49(45)52-50(46)48)41-30-26-36(27-31-41)47-33-39-14-4-5-17-42(39)43-18-6-7-19-44(43)47/h1-33H. The van der Waals surface area contributed by atoms with Crippen molar-refractivity contribution in [3.8, 4) is 33.4 Å². The van der Waals surface area contributed by atoms with Gasteiger partial charge in [0.25, 0.3) is 0 Å². The predicted molar refractivity (Wildman–Crippen MR) is 220 cm³/mol. The van der Waals surface area contributed by atoms with Gasteiger partial charge in [-0.1, -0.05) is 152 Å². The summed E-state index contributed by atoms with van der Waals surface area (Å²) >= 11 is 0. The second-order valence-electron chi connectivity index (χ2n) is 13.3. The van der Waals surface area contributed by atoms with Crippen molar-refractivity contribution < 1.29 is 4.42 Å². The van der Waals surface area contributed by atoms with Crippen LogP contribution in [-0.2, 0) is 0 Å². The molecule has 10 rings (SSSR count). The van der Waals surface area contributed by atoms with Crippen LogP contribution in [0.15, 0.2) is 205 Å². The zero-order valence-electron chi connectivity index (χ0n) is 28.4. The molecule has 9 aromatic carbocycles. The van der Waals surface area contributed by atoms with Crippen LogP contribution in [0.25, 0.3) is 76.9 Å². The summed E-state index contributed by atoms with van der Waals surface area (Å²) in [5, 5.41) is 7.27. The minimum atomic E-state index is 0.868. The largest absolute Gasteiger partial charge is 0.454 e. The maximum Gasteiger partial charge on any atom is 0.159 e. The van der Waals surface area contributed by atoms with Crippen molar-refractivity contribution in [2.75, 3.05) is 4.90 Å². The van der Waals surface area contributed by atoms with Gasteiger partial charge in [0, 0.05) is 22.1 Å². The van der Waals surface area contributed by atoms with E-state index in [4.69, 9.17) is 4.42 Å². The fourth-order valence-corrected chi connectivity index (χ4v) is 7.73. The molecule has 0 amide bonds. The Hall–Kier alpha value is -6.90. The number of furan rings is 1. The van der Waals surface area contributed by atoms with E-state index < -0.39 is 0 Å². The molecule has 0 atom stereocenters. The van der Waals surface area contributed by atoms with Crippen LogP contribution in [0.2, 0.25) is 0 Å². The van der Waals surface area contributed by atoms with Crippen LogP contribution in [0.5, 0.6) is 0 Å². The highest BCUT2D eigenvalue weighted by atomic mass is 16.3. The first kappa shape index (κ1) is 30.0. The van der Waals surface area contributed by atoms with Gasteiger partial charge in [0.2, 0.25) is 0 Å². The summed E-state index contributed by atoms with van der Waals surface area (Å²) in [4.78, 5) is 2.32. The first-order chi connectivity index (χ1) is 25.8. The first-order valence-corrected chi connectivity index (χ1v) is 17.8. The summed E-state index contributed by atoms with van der Waals surface area (Å²) in [5.74, 6) is 0. The number of benzene rings is 9. The third-order valence-corrected chi connectivity index (χ3v) is 10.3. The second-order valence-corrected chi connectivity index (χ2v) is 13.3. The Balaban J connectivity index is 1.10. The van der Waals surface area contributed by atoms with Crippen molar-refractivity contribution in [3.05, 3.63) is 200 Å². The van der Waals surface area contributed by atoms with E-state index in [1.54, 1.807) is 0 Å². The maximum atomic E-state index is 6.60. The van der Waals surface area contributed by atoms with Gasteiger partial charge >= 0.3 is 0 Å². The van der Waals surface area contributed by atoms with Gasteiger partial charge in [0.1, 0.15) is 5.58 Å². The molecule has 1 heterocycles. The molecule has 0 fully saturated rings. The summed E-state index contributed by atoms with van der Waals surface area (Å²) in [6, 6.07) is 71.6. The SMILES string of the molecule is c1ccc(-c2cccc(-c3ccc(N(c4ccc(-c5cc6ccccc6c6ccccc56)cc4)c4cccc5c4oc4ccccc45)cc3)c2)cc1. The zero-order chi connectivity index (χ0) is 34.4. The van der Waals surface area contributed by atoms with Crippen molar-refractivity contribution in [3.63, 3.8) is 0 Å². The molecule has 52 heavy (non-hydrogen) atoms. The van der Waals surface area contributed by atoms with Crippen LogP contribution in [0.1, 0.15) is 0 Å². The normalized spacial score (nSPS) is 11.5. The van der Waals surface area contributed by atoms with E-state index in [0.717, 1.165) is 39.0 Å². The predicted octanol–water partition coefficient (Wildman–Crippen LogP) is 14.4. The monoisotopic (exact) mass is 663 g/mol. The number of hydrogen-bond donors (Lipinski definition) is 0. The molecule has 0 radical (unpaired) electrons. The summed E-state index contributed by atoms with van der Waals surface area (Å²) < 4.78 is 6.60. The smallest absolute Gasteiger partial charge is 0.159 e. The average Bonchev–Trinajstić information content (AvgIpc) is 3.61. The topological polar surface area (TPSA) is 16.4 Å². The van der Waals surface area contributed by atoms with E-state index in [2.05, 4.69) is 193 Å². The molecule has 244 valence electrons. The molecule has 2 nitrogen and oxygen atoms in total. The Morgan fingerprint density at radius 3 is 1.62 bits per heavy atom. The lowest BCUT2D eigenvalue weighted by atomic mass is 9.93. The van der Waals surface area contributed by atoms with Gasteiger partial charge in [-0.15, -0.1) is 0 Å². The van der Waals surface area contributed by atoms with Crippen LogP contribution < -0.4 is 4.90 Å². The number of nitrogens with zero attached hydrogens (tertiary/aromatic N) is 1. The molecule has 0 aliphatic rings. The molecule has 0 bridgehead atoms. The second kappa shape index (κ2) is 12.5. The van der Waals surface area contributed by atoms with Crippen LogP contribution >= 0.6 is 0 Å². The summed E-state index contributed by atoms with van der Waals surface area (Å²) in [6.45, 7) is 0. The summed E-state index contributed by atoms with van der Waals surface area (Å²) in [7, 11) is 0. The molecule has 2 heteroatoms. The van der Waals surface area contributed by atoms with Crippen LogP contribution in [0, 0.1) is 0 Å². The van der Waals surface area contributed by atoms with Crippen LogP contribution in [-0.4, -0.2) is 0 Å². The molecule has 10 aromatic rings. The highest BCUT2D eigenvalue weighted by Crippen LogP contribution is 2.43. The van der Waals surface area contributed by atoms with Crippen molar-refractivity contribution in [2.45, 2.75) is 0 Å². The Morgan fingerprint density at radius 2 is 0.865 bits per heavy atom. The van der Waals surface area contributed by atoms with E-state index in [0.29, 0.717) is 0 Å². The molecule has 0 N–H and O–H groups in total. The molecular formula is C50H33NO. The van der Waals surface area contributed by atoms with Gasteiger partial charge in [0.05, 0.1) is 5.69 Å². The molecule has 0 saturated carbocycles. The summed E-state index contributed by atoms with van der Waals surface area (Å²) in [5.41, 5.74) is 12.1. The van der Waals surface area contributed by atoms with E-state index >= 15 is 0 Å². The van der Waals surface area contributed by atoms with Gasteiger partial charge in [-0.05, 0) is 103 Å². The van der Waals surface area contributed by atoms with Crippen molar-refractivity contribution in [1.82, 2.24) is 0 Å². The number of anilines is 3. The lowest BCUT2D eigenvalue weighted by Crippen LogP contribution is -2.10. The van der Waals surface area contributed by atoms with Gasteiger partial charge < -0.3 is 9.32 Å². The number of fused-ring (bicyclic) bond motifs is 6. The molecule has 0 aliphatic heterocycles. The number of hydrogen-bond acceptors (Lipinski definition) is 2. The van der Waals surface area contributed by atoms with E-state index in [-0.39, 0.29) is 0 Å². The van der Waals surface area contributed by atoms with E-state index in [1.165, 1.54) is 54.9 Å². The van der Waals surface area contributed by atoms with Crippen LogP contribution in [0.3, 0.4) is 0 Å². The minimum absolute atomic E-state index is 0.868. The lowest BCUT2D eigenvalue weighted by Gasteiger charge is -2.26. The fraction of sp³-hybridized carbons (Fsp3) is 0. The van der Waals surface area contributed by atoms with E-state index in [9.17, 15) is 0 Å². The van der Waals surface area contributed by atoms with Crippen molar-refractivity contribution in [1.29, 1.82) is 0 Å². The molecular weight excluding hydrogens is 631 g/mol. The maximum absolute atomic E-state index is 6.60. The molecule has 0 spiro atoms. The van der Waals surface area contributed by atoms with E-state index in [1.807, 2.05) is 12.1 Å². The third-order valence-electron chi connectivity index (χ3n) is 10.3. The Bertz CT molecular complexity index is 2890. The van der Waals surface area contributed by atoms with Gasteiger partial charge in [0.15, 0.2) is 5.58 Å². The minimum Gasteiger partial charge on any atom is -0.454 e. The van der Waals surface area contributed by atoms with Gasteiger partial charge in [-0.2, -0.15) is 0 Å². The molecule has 0 saturated heterocycles. The summed E-state index contributed by atoms with van der Waals surface area (Å²) in [6.07, 6.45) is 0. The Kier molecular flexibility index (Phi) is 7.18. The lowest BCUT2D eigenvalue weighted by molar-refractivity contribution is 0.669. The molecule has 0 unspecified atom stereocenters. The number of para-hydroxylation sites is 2. The highest BCUT2D eigenvalue weighted by Gasteiger charge is 2.20. The third kappa shape index (κ3) is 5.12. The van der Waals surface area contributed by atoms with Crippen molar-refractivity contribution >= 4 is 60.5 Å². The molecule has 1 aromatic heterocycles. The highest BCUT2D eigenvalue weighted by molar-refractivity contribution is 6.14. The first-order valence-electron chi connectivity index (χ1n) is 17.8. The Labute approximate surface area is 302 Å². The average molecular weight is 664 g/mol. The van der Waals surface area contributed by atoms with Crippen LogP contribution in [0.4, 0.5) is 17.1 Å². The zero-order valence-corrected chi connectivity index (χ0v) is 28.4.